The fourth-order valence-corrected chi connectivity index (χ4v) is 4.04. The third kappa shape index (κ3) is 2.60. The van der Waals surface area contributed by atoms with Gasteiger partial charge >= 0.3 is 0 Å². The zero-order valence-electron chi connectivity index (χ0n) is 12.8. The fraction of sp³-hybridized carbons (Fsp3) is 1.00. The standard InChI is InChI=1S/C16H32N2/c1-5-16(12-17,13-6-7-13)18(4)14-8-10-15(2,3)11-9-14/h13-14H,5-12,17H2,1-4H3. The molecule has 2 nitrogen and oxygen atoms in total. The molecule has 106 valence electrons. The minimum Gasteiger partial charge on any atom is -0.329 e. The normalized spacial score (nSPS) is 28.3. The molecule has 2 aliphatic carbocycles. The molecule has 0 aliphatic heterocycles. The van der Waals surface area contributed by atoms with Gasteiger partial charge < -0.3 is 5.73 Å². The van der Waals surface area contributed by atoms with E-state index in [1.165, 1.54) is 44.9 Å². The van der Waals surface area contributed by atoms with Crippen LogP contribution >= 0.6 is 0 Å². The summed E-state index contributed by atoms with van der Waals surface area (Å²) in [6, 6.07) is 0.766. The zero-order chi connectivity index (χ0) is 13.4. The van der Waals surface area contributed by atoms with E-state index in [1.807, 2.05) is 0 Å². The molecule has 2 heteroatoms. The van der Waals surface area contributed by atoms with Crippen LogP contribution in [0.25, 0.3) is 0 Å². The molecule has 0 spiro atoms. The minimum absolute atomic E-state index is 0.298. The highest BCUT2D eigenvalue weighted by molar-refractivity contribution is 5.04. The highest BCUT2D eigenvalue weighted by Gasteiger charge is 2.48. The minimum atomic E-state index is 0.298. The monoisotopic (exact) mass is 252 g/mol. The van der Waals surface area contributed by atoms with Crippen LogP contribution in [0.1, 0.15) is 65.7 Å². The fourth-order valence-electron chi connectivity index (χ4n) is 4.04. The molecule has 0 aromatic carbocycles. The van der Waals surface area contributed by atoms with Gasteiger partial charge in [0.1, 0.15) is 0 Å². The van der Waals surface area contributed by atoms with Gasteiger partial charge in [-0.1, -0.05) is 20.8 Å². The second-order valence-electron chi connectivity index (χ2n) is 7.44. The lowest BCUT2D eigenvalue weighted by Gasteiger charge is -2.48. The summed E-state index contributed by atoms with van der Waals surface area (Å²) in [6.07, 6.45) is 9.47. The molecule has 0 aromatic rings. The van der Waals surface area contributed by atoms with E-state index in [0.29, 0.717) is 11.0 Å². The first kappa shape index (κ1) is 14.3. The second-order valence-corrected chi connectivity index (χ2v) is 7.44. The smallest absolute Gasteiger partial charge is 0.0357 e. The Morgan fingerprint density at radius 2 is 1.72 bits per heavy atom. The Kier molecular flexibility index (Phi) is 4.08. The van der Waals surface area contributed by atoms with Crippen molar-refractivity contribution >= 4 is 0 Å². The molecule has 1 atom stereocenters. The molecule has 0 amide bonds. The van der Waals surface area contributed by atoms with E-state index in [2.05, 4.69) is 32.7 Å². The van der Waals surface area contributed by atoms with E-state index < -0.39 is 0 Å². The number of likely N-dealkylation sites (N-methyl/N-ethyl adjacent to an activating group) is 1. The van der Waals surface area contributed by atoms with Gasteiger partial charge in [-0.25, -0.2) is 0 Å². The van der Waals surface area contributed by atoms with Gasteiger partial charge in [0.2, 0.25) is 0 Å². The molecule has 2 aliphatic rings. The molecular weight excluding hydrogens is 220 g/mol. The molecule has 0 radical (unpaired) electrons. The van der Waals surface area contributed by atoms with Crippen molar-refractivity contribution in [3.8, 4) is 0 Å². The molecular formula is C16H32N2. The third-order valence-corrected chi connectivity index (χ3v) is 5.86. The Balaban J connectivity index is 2.03. The van der Waals surface area contributed by atoms with Crippen molar-refractivity contribution in [1.29, 1.82) is 0 Å². The lowest BCUT2D eigenvalue weighted by molar-refractivity contribution is 0.0195. The van der Waals surface area contributed by atoms with Crippen molar-refractivity contribution in [2.45, 2.75) is 77.3 Å². The van der Waals surface area contributed by atoms with Gasteiger partial charge in [-0.2, -0.15) is 0 Å². The molecule has 2 saturated carbocycles. The molecule has 0 aromatic heterocycles. The van der Waals surface area contributed by atoms with Crippen molar-refractivity contribution in [1.82, 2.24) is 4.90 Å². The highest BCUT2D eigenvalue weighted by Crippen LogP contribution is 2.47. The molecule has 0 bridgehead atoms. The van der Waals surface area contributed by atoms with Crippen molar-refractivity contribution in [3.63, 3.8) is 0 Å². The van der Waals surface area contributed by atoms with E-state index in [4.69, 9.17) is 5.73 Å². The van der Waals surface area contributed by atoms with E-state index in [9.17, 15) is 0 Å². The number of hydrogen-bond acceptors (Lipinski definition) is 2. The van der Waals surface area contributed by atoms with Crippen LogP contribution in [0.3, 0.4) is 0 Å². The summed E-state index contributed by atoms with van der Waals surface area (Å²) < 4.78 is 0. The van der Waals surface area contributed by atoms with Crippen LogP contribution in [-0.2, 0) is 0 Å². The summed E-state index contributed by atoms with van der Waals surface area (Å²) in [7, 11) is 2.34. The van der Waals surface area contributed by atoms with E-state index in [-0.39, 0.29) is 0 Å². The number of nitrogens with zero attached hydrogens (tertiary/aromatic N) is 1. The van der Waals surface area contributed by atoms with Crippen LogP contribution in [0.5, 0.6) is 0 Å². The van der Waals surface area contributed by atoms with Crippen LogP contribution in [0, 0.1) is 11.3 Å². The summed E-state index contributed by atoms with van der Waals surface area (Å²) in [5, 5.41) is 0. The Morgan fingerprint density at radius 1 is 1.17 bits per heavy atom. The van der Waals surface area contributed by atoms with E-state index in [0.717, 1.165) is 18.5 Å². The highest BCUT2D eigenvalue weighted by atomic mass is 15.2. The molecule has 2 N–H and O–H groups in total. The summed E-state index contributed by atoms with van der Waals surface area (Å²) in [6.45, 7) is 8.00. The van der Waals surface area contributed by atoms with E-state index >= 15 is 0 Å². The number of rotatable bonds is 5. The van der Waals surface area contributed by atoms with Gasteiger partial charge in [0.15, 0.2) is 0 Å². The van der Waals surface area contributed by atoms with Crippen LogP contribution in [0.4, 0.5) is 0 Å². The molecule has 18 heavy (non-hydrogen) atoms. The SMILES string of the molecule is CCC(CN)(C1CC1)N(C)C1CCC(C)(C)CC1. The van der Waals surface area contributed by atoms with Gasteiger partial charge in [0.25, 0.3) is 0 Å². The Bertz CT molecular complexity index is 267. The molecule has 2 rings (SSSR count). The maximum atomic E-state index is 6.18. The Morgan fingerprint density at radius 3 is 2.11 bits per heavy atom. The maximum Gasteiger partial charge on any atom is 0.0357 e. The Labute approximate surface area is 113 Å². The van der Waals surface area contributed by atoms with Crippen LogP contribution in [0.2, 0.25) is 0 Å². The lowest BCUT2D eigenvalue weighted by Crippen LogP contribution is -2.58. The molecule has 0 saturated heterocycles. The molecule has 2 fully saturated rings. The first-order valence-corrected chi connectivity index (χ1v) is 7.88. The topological polar surface area (TPSA) is 29.3 Å². The maximum absolute atomic E-state index is 6.18. The van der Waals surface area contributed by atoms with Crippen LogP contribution in [-0.4, -0.2) is 30.1 Å². The van der Waals surface area contributed by atoms with Gasteiger partial charge in [-0.05, 0) is 63.3 Å². The first-order chi connectivity index (χ1) is 8.45. The first-order valence-electron chi connectivity index (χ1n) is 7.88. The third-order valence-electron chi connectivity index (χ3n) is 5.86. The van der Waals surface area contributed by atoms with Crippen molar-refractivity contribution < 1.29 is 0 Å². The summed E-state index contributed by atoms with van der Waals surface area (Å²) >= 11 is 0. The van der Waals surface area contributed by atoms with E-state index in [1.54, 1.807) is 0 Å². The van der Waals surface area contributed by atoms with Gasteiger partial charge in [-0.15, -0.1) is 0 Å². The predicted octanol–water partition coefficient (Wildman–Crippen LogP) is 3.40. The largest absolute Gasteiger partial charge is 0.329 e. The molecule has 0 heterocycles. The number of hydrogen-bond donors (Lipinski definition) is 1. The second kappa shape index (κ2) is 5.13. The van der Waals surface area contributed by atoms with Crippen LogP contribution in [0.15, 0.2) is 0 Å². The number of nitrogens with two attached hydrogens (primary N) is 1. The van der Waals surface area contributed by atoms with Gasteiger partial charge in [0.05, 0.1) is 0 Å². The zero-order valence-corrected chi connectivity index (χ0v) is 12.8. The van der Waals surface area contributed by atoms with Crippen molar-refractivity contribution in [3.05, 3.63) is 0 Å². The lowest BCUT2D eigenvalue weighted by atomic mass is 9.74. The average molecular weight is 252 g/mol. The van der Waals surface area contributed by atoms with Gasteiger partial charge in [0, 0.05) is 18.1 Å². The summed E-state index contributed by atoms with van der Waals surface area (Å²) in [5.74, 6) is 0.868. The van der Waals surface area contributed by atoms with Gasteiger partial charge in [-0.3, -0.25) is 4.90 Å². The predicted molar refractivity (Wildman–Crippen MR) is 78.6 cm³/mol. The van der Waals surface area contributed by atoms with Crippen LogP contribution < -0.4 is 5.73 Å². The average Bonchev–Trinajstić information content (AvgIpc) is 3.16. The summed E-state index contributed by atoms with van der Waals surface area (Å²) in [4.78, 5) is 2.68. The molecule has 1 unspecified atom stereocenters. The van der Waals surface area contributed by atoms with Crippen molar-refractivity contribution in [2.75, 3.05) is 13.6 Å². The quantitative estimate of drug-likeness (QED) is 0.812. The van der Waals surface area contributed by atoms with Crippen molar-refractivity contribution in [2.24, 2.45) is 17.1 Å². The summed E-state index contributed by atoms with van der Waals surface area (Å²) in [5.41, 5.74) is 7.04. The Hall–Kier alpha value is -0.0800.